The Labute approximate surface area is 186 Å². The standard InChI is InChI=1S/C24H24FN3O4/c1-2-17-8-10-19(11-9-17)28-15-18(14-22(28)29)24(31)32-16-23(30)27(13-5-12-26)21-7-4-3-6-20(21)25/h3-4,6-11,18H,2,5,13-16H2,1H3. The number of carbonyl (C=O) groups is 3. The number of hydrogen-bond acceptors (Lipinski definition) is 5. The van der Waals surface area contributed by atoms with E-state index in [1.54, 1.807) is 6.07 Å². The van der Waals surface area contributed by atoms with E-state index in [9.17, 15) is 18.8 Å². The SMILES string of the molecule is CCc1ccc(N2CC(C(=O)OCC(=O)N(CCC#N)c3ccccc3F)CC2=O)cc1. The lowest BCUT2D eigenvalue weighted by atomic mass is 10.1. The van der Waals surface area contributed by atoms with Crippen molar-refractivity contribution in [2.24, 2.45) is 5.92 Å². The van der Waals surface area contributed by atoms with Crippen LogP contribution in [0.2, 0.25) is 0 Å². The fraction of sp³-hybridized carbons (Fsp3) is 0.333. The first-order valence-corrected chi connectivity index (χ1v) is 10.4. The number of aryl methyl sites for hydroxylation is 1. The summed E-state index contributed by atoms with van der Waals surface area (Å²) in [5, 5.41) is 8.84. The van der Waals surface area contributed by atoms with Crippen LogP contribution in [0.1, 0.15) is 25.3 Å². The van der Waals surface area contributed by atoms with Crippen molar-refractivity contribution in [1.82, 2.24) is 0 Å². The van der Waals surface area contributed by atoms with E-state index in [-0.39, 0.29) is 37.5 Å². The molecule has 0 spiro atoms. The molecular formula is C24H24FN3O4. The molecular weight excluding hydrogens is 413 g/mol. The van der Waals surface area contributed by atoms with Crippen LogP contribution in [0.5, 0.6) is 0 Å². The van der Waals surface area contributed by atoms with E-state index < -0.39 is 30.2 Å². The van der Waals surface area contributed by atoms with Crippen molar-refractivity contribution in [3.8, 4) is 6.07 Å². The number of halogens is 1. The van der Waals surface area contributed by atoms with E-state index >= 15 is 0 Å². The summed E-state index contributed by atoms with van der Waals surface area (Å²) in [6, 6.07) is 15.2. The molecule has 0 bridgehead atoms. The zero-order valence-corrected chi connectivity index (χ0v) is 17.8. The van der Waals surface area contributed by atoms with Crippen LogP contribution in [0, 0.1) is 23.1 Å². The Morgan fingerprint density at radius 3 is 2.59 bits per heavy atom. The van der Waals surface area contributed by atoms with E-state index in [4.69, 9.17) is 10.00 Å². The summed E-state index contributed by atoms with van der Waals surface area (Å²) in [7, 11) is 0. The first-order valence-electron chi connectivity index (χ1n) is 10.4. The van der Waals surface area contributed by atoms with Gasteiger partial charge in [0.25, 0.3) is 5.91 Å². The molecule has 0 saturated carbocycles. The van der Waals surface area contributed by atoms with Crippen molar-refractivity contribution in [2.45, 2.75) is 26.2 Å². The molecule has 8 heteroatoms. The first-order chi connectivity index (χ1) is 15.4. The molecule has 3 rings (SSSR count). The number of nitrogens with zero attached hydrogens (tertiary/aromatic N) is 3. The van der Waals surface area contributed by atoms with Crippen LogP contribution in [-0.4, -0.2) is 37.5 Å². The Hall–Kier alpha value is -3.73. The number of nitriles is 1. The third kappa shape index (κ3) is 5.30. The van der Waals surface area contributed by atoms with Gasteiger partial charge in [-0.25, -0.2) is 4.39 Å². The second kappa shape index (κ2) is 10.5. The maximum Gasteiger partial charge on any atom is 0.311 e. The van der Waals surface area contributed by atoms with Gasteiger partial charge in [-0.15, -0.1) is 0 Å². The van der Waals surface area contributed by atoms with E-state index in [1.165, 1.54) is 23.1 Å². The Kier molecular flexibility index (Phi) is 7.55. The molecule has 7 nitrogen and oxygen atoms in total. The van der Waals surface area contributed by atoms with Gasteiger partial charge in [0, 0.05) is 25.2 Å². The zero-order valence-electron chi connectivity index (χ0n) is 17.8. The van der Waals surface area contributed by atoms with Crippen LogP contribution in [-0.2, 0) is 25.5 Å². The molecule has 2 aromatic rings. The molecule has 0 radical (unpaired) electrons. The van der Waals surface area contributed by atoms with Gasteiger partial charge in [-0.2, -0.15) is 5.26 Å². The predicted molar refractivity (Wildman–Crippen MR) is 116 cm³/mol. The number of benzene rings is 2. The molecule has 1 saturated heterocycles. The van der Waals surface area contributed by atoms with Gasteiger partial charge in [-0.1, -0.05) is 31.2 Å². The Morgan fingerprint density at radius 2 is 1.94 bits per heavy atom. The quantitative estimate of drug-likeness (QED) is 0.592. The minimum atomic E-state index is -0.692. The fourth-order valence-electron chi connectivity index (χ4n) is 3.57. The van der Waals surface area contributed by atoms with Gasteiger partial charge in [0.15, 0.2) is 6.61 Å². The zero-order chi connectivity index (χ0) is 23.1. The third-order valence-electron chi connectivity index (χ3n) is 5.34. The molecule has 0 aromatic heterocycles. The summed E-state index contributed by atoms with van der Waals surface area (Å²) < 4.78 is 19.3. The number of esters is 1. The first kappa shape index (κ1) is 22.9. The van der Waals surface area contributed by atoms with Gasteiger partial charge in [0.2, 0.25) is 5.91 Å². The molecule has 0 N–H and O–H groups in total. The Balaban J connectivity index is 1.61. The molecule has 166 valence electrons. The topological polar surface area (TPSA) is 90.7 Å². The molecule has 32 heavy (non-hydrogen) atoms. The smallest absolute Gasteiger partial charge is 0.311 e. The van der Waals surface area contributed by atoms with Crippen molar-refractivity contribution in [3.05, 3.63) is 59.9 Å². The average molecular weight is 437 g/mol. The molecule has 1 unspecified atom stereocenters. The summed E-state index contributed by atoms with van der Waals surface area (Å²) in [4.78, 5) is 40.2. The highest BCUT2D eigenvalue weighted by molar-refractivity contribution is 6.00. The second-order valence-electron chi connectivity index (χ2n) is 7.44. The van der Waals surface area contributed by atoms with Crippen LogP contribution in [0.4, 0.5) is 15.8 Å². The van der Waals surface area contributed by atoms with Gasteiger partial charge in [0.05, 0.1) is 24.1 Å². The average Bonchev–Trinajstić information content (AvgIpc) is 3.20. The molecule has 1 aliphatic rings. The van der Waals surface area contributed by atoms with E-state index in [0.29, 0.717) is 5.69 Å². The molecule has 1 fully saturated rings. The lowest BCUT2D eigenvalue weighted by Crippen LogP contribution is -2.37. The lowest BCUT2D eigenvalue weighted by molar-refractivity contribution is -0.151. The van der Waals surface area contributed by atoms with Gasteiger partial charge < -0.3 is 14.5 Å². The number of carbonyl (C=O) groups excluding carboxylic acids is 3. The number of para-hydroxylation sites is 1. The lowest BCUT2D eigenvalue weighted by Gasteiger charge is -2.22. The summed E-state index contributed by atoms with van der Waals surface area (Å²) in [6.45, 7) is 1.57. The van der Waals surface area contributed by atoms with Gasteiger partial charge in [-0.3, -0.25) is 14.4 Å². The predicted octanol–water partition coefficient (Wildman–Crippen LogP) is 3.23. The minimum Gasteiger partial charge on any atom is -0.455 e. The van der Waals surface area contributed by atoms with Crippen LogP contribution in [0.15, 0.2) is 48.5 Å². The van der Waals surface area contributed by atoms with Crippen molar-refractivity contribution < 1.29 is 23.5 Å². The normalized spacial score (nSPS) is 15.3. The van der Waals surface area contributed by atoms with Gasteiger partial charge in [-0.05, 0) is 36.2 Å². The molecule has 2 aromatic carbocycles. The minimum absolute atomic E-state index is 0.00305. The Bertz CT molecular complexity index is 1030. The van der Waals surface area contributed by atoms with Crippen LogP contribution in [0.3, 0.4) is 0 Å². The number of hydrogen-bond donors (Lipinski definition) is 0. The van der Waals surface area contributed by atoms with E-state index in [1.807, 2.05) is 37.3 Å². The number of ether oxygens (including phenoxy) is 1. The van der Waals surface area contributed by atoms with E-state index in [2.05, 4.69) is 0 Å². The maximum absolute atomic E-state index is 14.1. The highest BCUT2D eigenvalue weighted by Gasteiger charge is 2.36. The second-order valence-corrected chi connectivity index (χ2v) is 7.44. The highest BCUT2D eigenvalue weighted by atomic mass is 19.1. The van der Waals surface area contributed by atoms with Gasteiger partial charge in [0.1, 0.15) is 5.82 Å². The monoisotopic (exact) mass is 437 g/mol. The van der Waals surface area contributed by atoms with Crippen molar-refractivity contribution >= 4 is 29.2 Å². The summed E-state index contributed by atoms with van der Waals surface area (Å²) in [5.41, 5.74) is 1.87. The van der Waals surface area contributed by atoms with Gasteiger partial charge >= 0.3 is 5.97 Å². The summed E-state index contributed by atoms with van der Waals surface area (Å²) in [5.74, 6) is -2.80. The molecule has 1 atom stereocenters. The highest BCUT2D eigenvalue weighted by Crippen LogP contribution is 2.26. The van der Waals surface area contributed by atoms with Crippen molar-refractivity contribution in [3.63, 3.8) is 0 Å². The summed E-state index contributed by atoms with van der Waals surface area (Å²) in [6.07, 6.45) is 0.875. The number of anilines is 2. The Morgan fingerprint density at radius 1 is 1.22 bits per heavy atom. The third-order valence-corrected chi connectivity index (χ3v) is 5.34. The van der Waals surface area contributed by atoms with E-state index in [0.717, 1.165) is 16.9 Å². The van der Waals surface area contributed by atoms with Crippen molar-refractivity contribution in [1.29, 1.82) is 5.26 Å². The molecule has 0 aliphatic carbocycles. The van der Waals surface area contributed by atoms with Crippen LogP contribution in [0.25, 0.3) is 0 Å². The summed E-state index contributed by atoms with van der Waals surface area (Å²) >= 11 is 0. The van der Waals surface area contributed by atoms with Crippen LogP contribution >= 0.6 is 0 Å². The number of rotatable bonds is 8. The fourth-order valence-corrected chi connectivity index (χ4v) is 3.57. The van der Waals surface area contributed by atoms with Crippen molar-refractivity contribution in [2.75, 3.05) is 29.5 Å². The molecule has 2 amide bonds. The van der Waals surface area contributed by atoms with Crippen LogP contribution < -0.4 is 9.80 Å². The number of amides is 2. The molecule has 1 heterocycles. The maximum atomic E-state index is 14.1. The largest absolute Gasteiger partial charge is 0.455 e. The molecule has 1 aliphatic heterocycles.